The van der Waals surface area contributed by atoms with Crippen molar-refractivity contribution >= 4 is 58.9 Å². The van der Waals surface area contributed by atoms with Crippen LogP contribution in [-0.4, -0.2) is 4.21 Å². The van der Waals surface area contributed by atoms with Crippen LogP contribution in [0, 0.1) is 0 Å². The molecule has 18 heavy (non-hydrogen) atoms. The summed E-state index contributed by atoms with van der Waals surface area (Å²) >= 11 is 25.0. The fourth-order valence-corrected chi connectivity index (χ4v) is 1.36. The molecule has 0 radical (unpaired) electrons. The summed E-state index contributed by atoms with van der Waals surface area (Å²) in [5, 5.41) is 2.87. The van der Waals surface area contributed by atoms with Crippen LogP contribution < -0.4 is 0 Å². The van der Waals surface area contributed by atoms with Gasteiger partial charge in [0.25, 0.3) is 0 Å². The predicted molar refractivity (Wildman–Crippen MR) is 81.1 cm³/mol. The second-order valence-electron chi connectivity index (χ2n) is 2.87. The maximum atomic E-state index is 7.83. The van der Waals surface area contributed by atoms with Crippen molar-refractivity contribution in [1.29, 1.82) is 0 Å². The molecule has 1 nitrogen and oxygen atoms in total. The van der Waals surface area contributed by atoms with E-state index in [2.05, 4.69) is 12.5 Å². The zero-order valence-electron chi connectivity index (χ0n) is 8.95. The van der Waals surface area contributed by atoms with Gasteiger partial charge in [0.2, 0.25) is 0 Å². The van der Waals surface area contributed by atoms with Gasteiger partial charge in [-0.2, -0.15) is 4.21 Å². The van der Waals surface area contributed by atoms with Crippen LogP contribution in [0.15, 0.2) is 48.5 Å². The fraction of sp³-hybridized carbons (Fsp3) is 0. The Morgan fingerprint density at radius 3 is 0.722 bits per heavy atom. The number of benzene rings is 2. The van der Waals surface area contributed by atoms with Crippen LogP contribution in [0.25, 0.3) is 0 Å². The topological polar surface area (TPSA) is 17.1 Å². The summed E-state index contributed by atoms with van der Waals surface area (Å²) in [7, 11) is 0. The first-order valence-electron chi connectivity index (χ1n) is 4.57. The molecule has 0 aromatic heterocycles. The average molecular weight is 342 g/mol. The van der Waals surface area contributed by atoms with Crippen molar-refractivity contribution in [3.8, 4) is 0 Å². The average Bonchev–Trinajstić information content (AvgIpc) is 2.40. The largest absolute Gasteiger partial charge is 0.197 e. The maximum Gasteiger partial charge on any atom is 0.197 e. The van der Waals surface area contributed by atoms with Crippen molar-refractivity contribution in [3.63, 3.8) is 0 Å². The molecule has 0 unspecified atom stereocenters. The summed E-state index contributed by atoms with van der Waals surface area (Å²) < 4.78 is 7.83. The molecule has 0 aliphatic carbocycles. The predicted octanol–water partition coefficient (Wildman–Crippen LogP) is 5.65. The lowest BCUT2D eigenvalue weighted by Gasteiger charge is -1.86. The van der Waals surface area contributed by atoms with E-state index in [0.29, 0.717) is 0 Å². The molecule has 0 aliphatic rings. The summed E-state index contributed by atoms with van der Waals surface area (Å²) in [6.07, 6.45) is 0. The standard InChI is InChI=1S/2C6H4Cl2.OS/c2*7-5-1-2-6(8)4-3-5;1-2/h2*1-4H;. The molecular formula is C12H8Cl4OS. The van der Waals surface area contributed by atoms with E-state index in [-0.39, 0.29) is 0 Å². The molecule has 0 fully saturated rings. The highest BCUT2D eigenvalue weighted by molar-refractivity contribution is 7.44. The Labute approximate surface area is 131 Å². The zero-order valence-corrected chi connectivity index (χ0v) is 12.8. The van der Waals surface area contributed by atoms with Crippen LogP contribution >= 0.6 is 46.4 Å². The van der Waals surface area contributed by atoms with Gasteiger partial charge in [0, 0.05) is 20.1 Å². The summed E-state index contributed by atoms with van der Waals surface area (Å²) in [5.41, 5.74) is 0. The third-order valence-corrected chi connectivity index (χ3v) is 2.61. The minimum Gasteiger partial charge on any atom is -0.197 e. The lowest BCUT2D eigenvalue weighted by Crippen LogP contribution is -1.60. The number of rotatable bonds is 0. The van der Waals surface area contributed by atoms with Crippen molar-refractivity contribution < 1.29 is 4.21 Å². The van der Waals surface area contributed by atoms with Gasteiger partial charge >= 0.3 is 0 Å². The van der Waals surface area contributed by atoms with Crippen molar-refractivity contribution in [2.24, 2.45) is 0 Å². The summed E-state index contributed by atoms with van der Waals surface area (Å²) in [6.45, 7) is 0. The highest BCUT2D eigenvalue weighted by atomic mass is 35.5. The van der Waals surface area contributed by atoms with Crippen molar-refractivity contribution in [3.05, 3.63) is 68.6 Å². The molecule has 0 N–H and O–H groups in total. The van der Waals surface area contributed by atoms with Crippen LogP contribution in [0.2, 0.25) is 20.1 Å². The van der Waals surface area contributed by atoms with Gasteiger partial charge in [0.1, 0.15) is 0 Å². The highest BCUT2D eigenvalue weighted by Gasteiger charge is 1.84. The Balaban J connectivity index is 0.000000283. The minimum atomic E-state index is 0.717. The van der Waals surface area contributed by atoms with Gasteiger partial charge in [-0.15, -0.1) is 0 Å². The van der Waals surface area contributed by atoms with E-state index >= 15 is 0 Å². The fourth-order valence-electron chi connectivity index (χ4n) is 0.859. The van der Waals surface area contributed by atoms with E-state index in [4.69, 9.17) is 50.6 Å². The van der Waals surface area contributed by atoms with E-state index in [1.165, 1.54) is 0 Å². The Kier molecular flexibility index (Phi) is 10.3. The number of halogens is 4. The Hall–Kier alpha value is -0.380. The summed E-state index contributed by atoms with van der Waals surface area (Å²) in [6, 6.07) is 14.0. The molecule has 0 atom stereocenters. The molecule has 0 saturated heterocycles. The molecule has 0 amide bonds. The first kappa shape index (κ1) is 17.6. The quantitative estimate of drug-likeness (QED) is 0.615. The molecule has 2 aromatic rings. The second-order valence-corrected chi connectivity index (χ2v) is 4.62. The zero-order chi connectivity index (χ0) is 14.0. The van der Waals surface area contributed by atoms with Gasteiger partial charge in [-0.1, -0.05) is 46.4 Å². The molecular weight excluding hydrogens is 334 g/mol. The molecule has 0 bridgehead atoms. The van der Waals surface area contributed by atoms with Crippen LogP contribution in [0.4, 0.5) is 0 Å². The highest BCUT2D eigenvalue weighted by Crippen LogP contribution is 2.13. The lowest BCUT2D eigenvalue weighted by molar-refractivity contribution is 0.702. The monoisotopic (exact) mass is 340 g/mol. The first-order valence-corrected chi connectivity index (χ1v) is 6.41. The van der Waals surface area contributed by atoms with Gasteiger partial charge in [0.05, 0.1) is 0 Å². The third-order valence-electron chi connectivity index (χ3n) is 1.61. The summed E-state index contributed by atoms with van der Waals surface area (Å²) in [4.78, 5) is 0. The smallest absolute Gasteiger partial charge is 0.197 e. The van der Waals surface area contributed by atoms with Crippen LogP contribution in [-0.2, 0) is 12.5 Å². The summed E-state index contributed by atoms with van der Waals surface area (Å²) in [5.74, 6) is 0. The molecule has 0 spiro atoms. The maximum absolute atomic E-state index is 7.83. The van der Waals surface area contributed by atoms with Crippen LogP contribution in [0.3, 0.4) is 0 Å². The van der Waals surface area contributed by atoms with Gasteiger partial charge in [-0.3, -0.25) is 0 Å². The Morgan fingerprint density at radius 1 is 0.500 bits per heavy atom. The number of hydrogen-bond donors (Lipinski definition) is 0. The van der Waals surface area contributed by atoms with E-state index in [1.807, 2.05) is 0 Å². The van der Waals surface area contributed by atoms with Crippen LogP contribution in [0.1, 0.15) is 0 Å². The minimum absolute atomic E-state index is 0.717. The van der Waals surface area contributed by atoms with Crippen molar-refractivity contribution in [2.75, 3.05) is 0 Å². The van der Waals surface area contributed by atoms with Gasteiger partial charge in [0.15, 0.2) is 12.5 Å². The van der Waals surface area contributed by atoms with Gasteiger partial charge in [-0.05, 0) is 48.5 Å². The Morgan fingerprint density at radius 2 is 0.611 bits per heavy atom. The normalized spacial score (nSPS) is 8.44. The lowest BCUT2D eigenvalue weighted by atomic mass is 10.4. The molecule has 6 heteroatoms. The number of hydrogen-bond acceptors (Lipinski definition) is 2. The van der Waals surface area contributed by atoms with E-state index in [0.717, 1.165) is 20.1 Å². The Bertz CT molecular complexity index is 359. The molecule has 2 aromatic carbocycles. The van der Waals surface area contributed by atoms with E-state index in [1.54, 1.807) is 48.5 Å². The third kappa shape index (κ3) is 8.67. The van der Waals surface area contributed by atoms with Gasteiger partial charge in [-0.25, -0.2) is 0 Å². The van der Waals surface area contributed by atoms with E-state index < -0.39 is 0 Å². The van der Waals surface area contributed by atoms with E-state index in [9.17, 15) is 0 Å². The van der Waals surface area contributed by atoms with Gasteiger partial charge < -0.3 is 0 Å². The molecule has 2 rings (SSSR count). The second kappa shape index (κ2) is 10.5. The molecule has 96 valence electrons. The van der Waals surface area contributed by atoms with Crippen molar-refractivity contribution in [1.82, 2.24) is 0 Å². The van der Waals surface area contributed by atoms with Crippen LogP contribution in [0.5, 0.6) is 0 Å². The molecule has 0 aliphatic heterocycles. The SMILES string of the molecule is Clc1ccc(Cl)cc1.Clc1ccc(Cl)cc1.O=S. The molecule has 0 saturated carbocycles. The van der Waals surface area contributed by atoms with Crippen molar-refractivity contribution in [2.45, 2.75) is 0 Å². The molecule has 0 heterocycles. The first-order chi connectivity index (χ1) is 8.58.